The van der Waals surface area contributed by atoms with Gasteiger partial charge in [-0.25, -0.2) is 0 Å². The minimum Gasteiger partial charge on any atom is -0.486 e. The highest BCUT2D eigenvalue weighted by Crippen LogP contribution is 2.36. The number of hydrogen-bond donors (Lipinski definition) is 2. The van der Waals surface area contributed by atoms with Gasteiger partial charge in [0.25, 0.3) is 5.91 Å². The topological polar surface area (TPSA) is 91.3 Å². The van der Waals surface area contributed by atoms with Crippen molar-refractivity contribution in [1.29, 1.82) is 0 Å². The number of likely N-dealkylation sites (N-methyl/N-ethyl adjacent to an activating group) is 1. The molecule has 1 saturated heterocycles. The van der Waals surface area contributed by atoms with E-state index in [4.69, 9.17) is 9.47 Å². The van der Waals surface area contributed by atoms with Gasteiger partial charge in [-0.1, -0.05) is 25.1 Å². The molecule has 2 aliphatic heterocycles. The largest absolute Gasteiger partial charge is 0.486 e. The molecule has 2 aromatic carbocycles. The van der Waals surface area contributed by atoms with Gasteiger partial charge in [-0.15, -0.1) is 0 Å². The van der Waals surface area contributed by atoms with E-state index in [-0.39, 0.29) is 41.6 Å². The lowest BCUT2D eigenvalue weighted by atomic mass is 9.98. The SMILES string of the molecule is C[C@@H]1CN([C@@H](C)CO)C(=O)c2cccc(NC(=O)C3CCOCC3)c2O[C@@H]1CN(C)Cc1ccc(C(F)(F)F)cc1. The minimum atomic E-state index is -4.40. The number of halogens is 3. The van der Waals surface area contributed by atoms with Crippen molar-refractivity contribution in [2.75, 3.05) is 45.3 Å². The molecule has 0 aliphatic carbocycles. The number of hydrogen-bond acceptors (Lipinski definition) is 6. The molecule has 2 aromatic rings. The van der Waals surface area contributed by atoms with Gasteiger partial charge in [-0.05, 0) is 56.6 Å². The number of alkyl halides is 3. The molecule has 0 bridgehead atoms. The first-order valence-corrected chi connectivity index (χ1v) is 13.9. The highest BCUT2D eigenvalue weighted by molar-refractivity contribution is 6.02. The smallest absolute Gasteiger partial charge is 0.416 e. The van der Waals surface area contributed by atoms with E-state index < -0.39 is 23.9 Å². The van der Waals surface area contributed by atoms with Crippen molar-refractivity contribution in [1.82, 2.24) is 9.80 Å². The molecule has 0 aromatic heterocycles. The van der Waals surface area contributed by atoms with Crippen LogP contribution in [0.4, 0.5) is 18.9 Å². The highest BCUT2D eigenvalue weighted by atomic mass is 19.4. The number of rotatable bonds is 8. The number of amides is 2. The lowest BCUT2D eigenvalue weighted by molar-refractivity contribution is -0.137. The molecule has 1 fully saturated rings. The molecule has 224 valence electrons. The molecule has 0 spiro atoms. The fourth-order valence-corrected chi connectivity index (χ4v) is 5.24. The van der Waals surface area contributed by atoms with Gasteiger partial charge in [0.15, 0.2) is 5.75 Å². The zero-order valence-corrected chi connectivity index (χ0v) is 23.6. The molecule has 3 atom stereocenters. The standard InChI is InChI=1S/C30H38F3N3O5/c1-19-15-36(20(2)18-37)29(39)24-5-4-6-25(34-28(38)22-11-13-40-14-12-22)27(24)41-26(19)17-35(3)16-21-7-9-23(10-8-21)30(31,32)33/h4-10,19-20,22,26,37H,11-18H2,1-3H3,(H,34,38)/t19-,20+,26-/m1/s1. The summed E-state index contributed by atoms with van der Waals surface area (Å²) in [5, 5.41) is 12.9. The van der Waals surface area contributed by atoms with Crippen LogP contribution >= 0.6 is 0 Å². The molecule has 0 unspecified atom stereocenters. The van der Waals surface area contributed by atoms with Gasteiger partial charge in [0, 0.05) is 44.7 Å². The van der Waals surface area contributed by atoms with Crippen LogP contribution in [0.15, 0.2) is 42.5 Å². The Morgan fingerprint density at radius 3 is 2.49 bits per heavy atom. The van der Waals surface area contributed by atoms with E-state index in [0.717, 1.165) is 17.7 Å². The normalized spacial score (nSPS) is 21.1. The Morgan fingerprint density at radius 1 is 1.17 bits per heavy atom. The van der Waals surface area contributed by atoms with Crippen LogP contribution in [0.1, 0.15) is 48.2 Å². The fraction of sp³-hybridized carbons (Fsp3) is 0.533. The van der Waals surface area contributed by atoms with Crippen molar-refractivity contribution in [3.63, 3.8) is 0 Å². The second-order valence-corrected chi connectivity index (χ2v) is 11.1. The molecular weight excluding hydrogens is 539 g/mol. The predicted octanol–water partition coefficient (Wildman–Crippen LogP) is 4.42. The third-order valence-electron chi connectivity index (χ3n) is 7.77. The van der Waals surface area contributed by atoms with Crippen molar-refractivity contribution in [2.45, 2.75) is 51.6 Å². The zero-order valence-electron chi connectivity index (χ0n) is 23.6. The van der Waals surface area contributed by atoms with E-state index in [0.29, 0.717) is 51.4 Å². The third-order valence-corrected chi connectivity index (χ3v) is 7.77. The van der Waals surface area contributed by atoms with Gasteiger partial charge >= 0.3 is 6.18 Å². The van der Waals surface area contributed by atoms with E-state index in [1.54, 1.807) is 30.0 Å². The first kappa shape index (κ1) is 30.8. The van der Waals surface area contributed by atoms with Crippen LogP contribution in [-0.4, -0.2) is 78.8 Å². The van der Waals surface area contributed by atoms with Gasteiger partial charge in [-0.2, -0.15) is 13.2 Å². The number of fused-ring (bicyclic) bond motifs is 1. The average molecular weight is 578 g/mol. The van der Waals surface area contributed by atoms with Crippen molar-refractivity contribution in [3.8, 4) is 5.75 Å². The number of benzene rings is 2. The Labute approximate surface area is 238 Å². The summed E-state index contributed by atoms with van der Waals surface area (Å²) in [5.41, 5.74) is 0.705. The Morgan fingerprint density at radius 2 is 1.85 bits per heavy atom. The second-order valence-electron chi connectivity index (χ2n) is 11.1. The summed E-state index contributed by atoms with van der Waals surface area (Å²) in [6.45, 7) is 5.65. The monoisotopic (exact) mass is 577 g/mol. The summed E-state index contributed by atoms with van der Waals surface area (Å²) in [7, 11) is 1.85. The zero-order chi connectivity index (χ0) is 29.7. The number of carbonyl (C=O) groups excluding carboxylic acids is 2. The highest BCUT2D eigenvalue weighted by Gasteiger charge is 2.35. The van der Waals surface area contributed by atoms with Crippen LogP contribution in [0.25, 0.3) is 0 Å². The van der Waals surface area contributed by atoms with E-state index >= 15 is 0 Å². The molecule has 2 aliphatic rings. The van der Waals surface area contributed by atoms with Crippen LogP contribution in [0.2, 0.25) is 0 Å². The summed E-state index contributed by atoms with van der Waals surface area (Å²) < 4.78 is 50.9. The predicted molar refractivity (Wildman–Crippen MR) is 148 cm³/mol. The Bertz CT molecular complexity index is 1200. The summed E-state index contributed by atoms with van der Waals surface area (Å²) in [6.07, 6.45) is -3.61. The van der Waals surface area contributed by atoms with Crippen LogP contribution in [0, 0.1) is 11.8 Å². The van der Waals surface area contributed by atoms with Crippen molar-refractivity contribution < 1.29 is 37.3 Å². The molecule has 8 nitrogen and oxygen atoms in total. The molecule has 0 radical (unpaired) electrons. The third kappa shape index (κ3) is 7.58. The van der Waals surface area contributed by atoms with E-state index in [1.165, 1.54) is 12.1 Å². The molecule has 2 heterocycles. The molecule has 4 rings (SSSR count). The number of nitrogens with zero attached hydrogens (tertiary/aromatic N) is 2. The lowest BCUT2D eigenvalue weighted by Gasteiger charge is -2.38. The maximum Gasteiger partial charge on any atom is 0.416 e. The Kier molecular flexibility index (Phi) is 9.93. The van der Waals surface area contributed by atoms with Crippen molar-refractivity contribution >= 4 is 17.5 Å². The molecule has 0 saturated carbocycles. The van der Waals surface area contributed by atoms with E-state index in [1.807, 2.05) is 18.9 Å². The number of carbonyl (C=O) groups is 2. The lowest BCUT2D eigenvalue weighted by Crippen LogP contribution is -2.49. The minimum absolute atomic E-state index is 0.163. The maximum absolute atomic E-state index is 13.7. The Balaban J connectivity index is 1.60. The number of anilines is 1. The quantitative estimate of drug-likeness (QED) is 0.483. The maximum atomic E-state index is 13.7. The summed E-state index contributed by atoms with van der Waals surface area (Å²) in [5.74, 6) is -0.571. The fourth-order valence-electron chi connectivity index (χ4n) is 5.24. The van der Waals surface area contributed by atoms with Gasteiger partial charge in [-0.3, -0.25) is 14.5 Å². The number of nitrogens with one attached hydrogen (secondary N) is 1. The van der Waals surface area contributed by atoms with E-state index in [2.05, 4.69) is 5.32 Å². The Hall–Kier alpha value is -3.15. The molecular formula is C30H38F3N3O5. The van der Waals surface area contributed by atoms with Crippen LogP contribution in [-0.2, 0) is 22.3 Å². The molecule has 11 heteroatoms. The van der Waals surface area contributed by atoms with Gasteiger partial charge < -0.3 is 24.8 Å². The van der Waals surface area contributed by atoms with Gasteiger partial charge in [0.2, 0.25) is 5.91 Å². The van der Waals surface area contributed by atoms with Gasteiger partial charge in [0.1, 0.15) is 6.10 Å². The van der Waals surface area contributed by atoms with Gasteiger partial charge in [0.05, 0.1) is 29.5 Å². The molecule has 2 amide bonds. The molecule has 2 N–H and O–H groups in total. The first-order valence-electron chi connectivity index (χ1n) is 13.9. The van der Waals surface area contributed by atoms with Crippen LogP contribution < -0.4 is 10.1 Å². The molecule has 41 heavy (non-hydrogen) atoms. The van der Waals surface area contributed by atoms with Crippen LogP contribution in [0.5, 0.6) is 5.75 Å². The first-order chi connectivity index (χ1) is 19.5. The summed E-state index contributed by atoms with van der Waals surface area (Å²) in [4.78, 5) is 30.3. The number of para-hydroxylation sites is 1. The summed E-state index contributed by atoms with van der Waals surface area (Å²) in [6, 6.07) is 9.67. The number of aliphatic hydroxyl groups excluding tert-OH is 1. The number of aliphatic hydroxyl groups is 1. The van der Waals surface area contributed by atoms with Crippen LogP contribution in [0.3, 0.4) is 0 Å². The van der Waals surface area contributed by atoms with Crippen molar-refractivity contribution in [3.05, 3.63) is 59.2 Å². The summed E-state index contributed by atoms with van der Waals surface area (Å²) >= 11 is 0. The average Bonchev–Trinajstić information content (AvgIpc) is 2.95. The van der Waals surface area contributed by atoms with Crippen molar-refractivity contribution in [2.24, 2.45) is 11.8 Å². The van der Waals surface area contributed by atoms with E-state index in [9.17, 15) is 27.9 Å². The number of ether oxygens (including phenoxy) is 2. The second kappa shape index (κ2) is 13.2.